The molecule has 3 aliphatic rings. The fourth-order valence-corrected chi connectivity index (χ4v) is 5.74. The Morgan fingerprint density at radius 1 is 0.833 bits per heavy atom. The molecule has 36 heavy (non-hydrogen) atoms. The Morgan fingerprint density at radius 2 is 1.47 bits per heavy atom. The van der Waals surface area contributed by atoms with Gasteiger partial charge in [0.15, 0.2) is 0 Å². The molecule has 0 spiro atoms. The maximum absolute atomic E-state index is 12.6. The second-order valence-electron chi connectivity index (χ2n) is 10.1. The first kappa shape index (κ1) is 24.4. The van der Waals surface area contributed by atoms with Crippen molar-refractivity contribution in [3.05, 3.63) is 48.0 Å². The van der Waals surface area contributed by atoms with E-state index in [0.29, 0.717) is 0 Å². The average Bonchev–Trinajstić information content (AvgIpc) is 2.89. The van der Waals surface area contributed by atoms with E-state index in [2.05, 4.69) is 64.5 Å². The van der Waals surface area contributed by atoms with Crippen molar-refractivity contribution < 1.29 is 14.3 Å². The van der Waals surface area contributed by atoms with E-state index in [-0.39, 0.29) is 23.9 Å². The molecule has 3 aliphatic heterocycles. The van der Waals surface area contributed by atoms with Gasteiger partial charge in [-0.25, -0.2) is 0 Å². The van der Waals surface area contributed by atoms with E-state index in [1.54, 1.807) is 13.8 Å². The quantitative estimate of drug-likeness (QED) is 0.706. The van der Waals surface area contributed by atoms with Crippen molar-refractivity contribution >= 4 is 34.6 Å². The van der Waals surface area contributed by atoms with E-state index >= 15 is 0 Å². The van der Waals surface area contributed by atoms with Crippen molar-refractivity contribution in [2.24, 2.45) is 0 Å². The van der Waals surface area contributed by atoms with Crippen LogP contribution in [0.1, 0.15) is 38.8 Å². The zero-order valence-electron chi connectivity index (χ0n) is 21.6. The molecule has 2 aromatic carbocycles. The van der Waals surface area contributed by atoms with Crippen LogP contribution in [0.25, 0.3) is 0 Å². The molecule has 0 radical (unpaired) electrons. The predicted molar refractivity (Wildman–Crippen MR) is 144 cm³/mol. The van der Waals surface area contributed by atoms with Gasteiger partial charge in [0.25, 0.3) is 0 Å². The van der Waals surface area contributed by atoms with E-state index in [0.717, 1.165) is 81.5 Å². The number of fused-ring (bicyclic) bond motifs is 1. The summed E-state index contributed by atoms with van der Waals surface area (Å²) in [6.07, 6.45) is 0.833. The van der Waals surface area contributed by atoms with E-state index in [1.807, 2.05) is 9.80 Å². The first-order valence-corrected chi connectivity index (χ1v) is 13.0. The molecule has 0 saturated carbocycles. The van der Waals surface area contributed by atoms with Crippen LogP contribution in [0.2, 0.25) is 0 Å². The Morgan fingerprint density at radius 3 is 2.11 bits per heavy atom. The lowest BCUT2D eigenvalue weighted by Crippen LogP contribution is -2.48. The van der Waals surface area contributed by atoms with Gasteiger partial charge in [-0.2, -0.15) is 0 Å². The molecule has 2 atom stereocenters. The zero-order chi connectivity index (χ0) is 25.2. The normalized spacial score (nSPS) is 22.3. The Bertz CT molecular complexity index is 1090. The SMILES string of the molecule is CC(=O)N1CCN(c2ccc3c(c2)[C@@H](Nc2ccc(N4CCOCC4)cc2)C[C@@H](C)N3C(C)=O)CC1. The van der Waals surface area contributed by atoms with Gasteiger partial charge in [-0.1, -0.05) is 0 Å². The molecular weight excluding hydrogens is 454 g/mol. The number of nitrogens with one attached hydrogen (secondary N) is 1. The minimum atomic E-state index is 0.0693. The lowest BCUT2D eigenvalue weighted by Gasteiger charge is -2.41. The van der Waals surface area contributed by atoms with Gasteiger partial charge in [0.2, 0.25) is 11.8 Å². The van der Waals surface area contributed by atoms with Crippen LogP contribution in [0.3, 0.4) is 0 Å². The molecule has 2 fully saturated rings. The van der Waals surface area contributed by atoms with Gasteiger partial charge in [-0.05, 0) is 55.8 Å². The van der Waals surface area contributed by atoms with Crippen LogP contribution < -0.4 is 20.0 Å². The molecule has 2 aromatic rings. The second kappa shape index (κ2) is 10.4. The summed E-state index contributed by atoms with van der Waals surface area (Å²) in [6.45, 7) is 11.9. The van der Waals surface area contributed by atoms with Gasteiger partial charge >= 0.3 is 0 Å². The van der Waals surface area contributed by atoms with Gasteiger partial charge in [0.05, 0.1) is 19.3 Å². The standard InChI is InChI=1S/C28H37N5O3/c1-20-18-27(29-23-4-6-24(7-5-23)32-14-16-36-17-15-32)26-19-25(8-9-28(26)33(20)22(3)35)31-12-10-30(11-13-31)21(2)34/h4-9,19-20,27,29H,10-18H2,1-3H3/t20-,27+/m1/s1. The molecule has 0 bridgehead atoms. The highest BCUT2D eigenvalue weighted by Gasteiger charge is 2.33. The number of rotatable bonds is 4. The minimum Gasteiger partial charge on any atom is -0.378 e. The summed E-state index contributed by atoms with van der Waals surface area (Å²) < 4.78 is 5.48. The van der Waals surface area contributed by atoms with E-state index in [1.165, 1.54) is 5.69 Å². The largest absolute Gasteiger partial charge is 0.378 e. The van der Waals surface area contributed by atoms with Crippen LogP contribution in [0, 0.1) is 0 Å². The van der Waals surface area contributed by atoms with Gasteiger partial charge in [0, 0.05) is 87.5 Å². The highest BCUT2D eigenvalue weighted by molar-refractivity contribution is 5.94. The summed E-state index contributed by atoms with van der Waals surface area (Å²) in [5.41, 5.74) is 5.56. The summed E-state index contributed by atoms with van der Waals surface area (Å²) in [5, 5.41) is 3.76. The molecule has 8 heteroatoms. The van der Waals surface area contributed by atoms with E-state index < -0.39 is 0 Å². The third-order valence-electron chi connectivity index (χ3n) is 7.68. The molecule has 0 unspecified atom stereocenters. The smallest absolute Gasteiger partial charge is 0.224 e. The Hall–Kier alpha value is -3.26. The van der Waals surface area contributed by atoms with Crippen LogP contribution in [-0.2, 0) is 14.3 Å². The van der Waals surface area contributed by atoms with Crippen LogP contribution in [0.5, 0.6) is 0 Å². The maximum atomic E-state index is 12.6. The monoisotopic (exact) mass is 491 g/mol. The van der Waals surface area contributed by atoms with Gasteiger partial charge in [0.1, 0.15) is 0 Å². The summed E-state index contributed by atoms with van der Waals surface area (Å²) in [4.78, 5) is 32.8. The first-order chi connectivity index (χ1) is 17.4. The zero-order valence-corrected chi connectivity index (χ0v) is 21.6. The molecule has 2 amide bonds. The molecule has 5 rings (SSSR count). The fourth-order valence-electron chi connectivity index (χ4n) is 5.74. The fraction of sp³-hybridized carbons (Fsp3) is 0.500. The van der Waals surface area contributed by atoms with Crippen molar-refractivity contribution in [3.63, 3.8) is 0 Å². The number of ether oxygens (including phenoxy) is 1. The molecule has 192 valence electrons. The lowest BCUT2D eigenvalue weighted by molar-refractivity contribution is -0.129. The molecular formula is C28H37N5O3. The van der Waals surface area contributed by atoms with Crippen LogP contribution in [0.15, 0.2) is 42.5 Å². The highest BCUT2D eigenvalue weighted by Crippen LogP contribution is 2.41. The highest BCUT2D eigenvalue weighted by atomic mass is 16.5. The number of benzene rings is 2. The molecule has 8 nitrogen and oxygen atoms in total. The molecule has 2 saturated heterocycles. The number of morpholine rings is 1. The topological polar surface area (TPSA) is 68.4 Å². The molecule has 3 heterocycles. The van der Waals surface area contributed by atoms with Gasteiger partial charge < -0.3 is 29.7 Å². The van der Waals surface area contributed by atoms with Crippen molar-refractivity contribution in [3.8, 4) is 0 Å². The maximum Gasteiger partial charge on any atom is 0.224 e. The number of hydrogen-bond acceptors (Lipinski definition) is 6. The van der Waals surface area contributed by atoms with Gasteiger partial charge in [-0.3, -0.25) is 9.59 Å². The van der Waals surface area contributed by atoms with Crippen LogP contribution >= 0.6 is 0 Å². The number of piperazine rings is 1. The number of anilines is 4. The third-order valence-corrected chi connectivity index (χ3v) is 7.68. The first-order valence-electron chi connectivity index (χ1n) is 13.0. The van der Waals surface area contributed by atoms with Crippen LogP contribution in [-0.4, -0.2) is 75.2 Å². The second-order valence-corrected chi connectivity index (χ2v) is 10.1. The molecule has 1 N–H and O–H groups in total. The average molecular weight is 492 g/mol. The Labute approximate surface area is 213 Å². The Kier molecular flexibility index (Phi) is 7.05. The number of carbonyl (C=O) groups is 2. The number of amides is 2. The summed E-state index contributed by atoms with van der Waals surface area (Å²) >= 11 is 0. The number of nitrogens with zero attached hydrogens (tertiary/aromatic N) is 4. The summed E-state index contributed by atoms with van der Waals surface area (Å²) in [5.74, 6) is 0.204. The number of hydrogen-bond donors (Lipinski definition) is 1. The lowest BCUT2D eigenvalue weighted by atomic mass is 9.90. The third kappa shape index (κ3) is 5.00. The van der Waals surface area contributed by atoms with E-state index in [4.69, 9.17) is 4.74 Å². The summed E-state index contributed by atoms with van der Waals surface area (Å²) in [6, 6.07) is 15.3. The van der Waals surface area contributed by atoms with Crippen molar-refractivity contribution in [1.29, 1.82) is 0 Å². The molecule has 0 aliphatic carbocycles. The Balaban J connectivity index is 1.38. The van der Waals surface area contributed by atoms with Crippen molar-refractivity contribution in [1.82, 2.24) is 4.90 Å². The predicted octanol–water partition coefficient (Wildman–Crippen LogP) is 3.49. The van der Waals surface area contributed by atoms with Crippen LogP contribution in [0.4, 0.5) is 22.7 Å². The van der Waals surface area contributed by atoms with Crippen molar-refractivity contribution in [2.75, 3.05) is 72.5 Å². The van der Waals surface area contributed by atoms with E-state index in [9.17, 15) is 9.59 Å². The minimum absolute atomic E-state index is 0.0693. The van der Waals surface area contributed by atoms with Crippen molar-refractivity contribution in [2.45, 2.75) is 39.3 Å². The summed E-state index contributed by atoms with van der Waals surface area (Å²) in [7, 11) is 0. The van der Waals surface area contributed by atoms with Gasteiger partial charge in [-0.15, -0.1) is 0 Å². The molecule has 0 aromatic heterocycles. The number of carbonyl (C=O) groups excluding carboxylic acids is 2.